The van der Waals surface area contributed by atoms with Crippen LogP contribution in [0, 0.1) is 3.57 Å². The Hall–Kier alpha value is -1.97. The van der Waals surface area contributed by atoms with Gasteiger partial charge >= 0.3 is 0 Å². The van der Waals surface area contributed by atoms with Crippen LogP contribution in [-0.4, -0.2) is 21.7 Å². The Bertz CT molecular complexity index is 1050. The largest absolute Gasteiger partial charge is 0.330 e. The number of nitrogens with one attached hydrogen (secondary N) is 1. The van der Waals surface area contributed by atoms with Crippen molar-refractivity contribution in [1.29, 1.82) is 0 Å². The van der Waals surface area contributed by atoms with Gasteiger partial charge in [-0.3, -0.25) is 14.6 Å². The molecule has 0 spiro atoms. The Morgan fingerprint density at radius 3 is 2.89 bits per heavy atom. The van der Waals surface area contributed by atoms with Crippen molar-refractivity contribution in [3.63, 3.8) is 0 Å². The molecule has 136 valence electrons. The summed E-state index contributed by atoms with van der Waals surface area (Å²) in [6.45, 7) is 0.986. The van der Waals surface area contributed by atoms with E-state index in [-0.39, 0.29) is 11.8 Å². The second kappa shape index (κ2) is 7.57. The number of thiophene rings is 1. The van der Waals surface area contributed by atoms with Crippen LogP contribution in [0.25, 0.3) is 0 Å². The lowest BCUT2D eigenvalue weighted by Gasteiger charge is -2.16. The van der Waals surface area contributed by atoms with Crippen molar-refractivity contribution in [3.05, 3.63) is 78.3 Å². The van der Waals surface area contributed by atoms with Gasteiger partial charge in [0.1, 0.15) is 0 Å². The number of carbonyl (C=O) groups excluding carboxylic acids is 2. The van der Waals surface area contributed by atoms with Crippen molar-refractivity contribution in [2.24, 2.45) is 0 Å². The van der Waals surface area contributed by atoms with Crippen LogP contribution in [0.15, 0.2) is 48.8 Å². The molecule has 0 saturated carbocycles. The molecule has 0 saturated heterocycles. The first-order valence-corrected chi connectivity index (χ1v) is 10.4. The maximum Gasteiger partial charge on any atom is 0.265 e. The smallest absolute Gasteiger partial charge is 0.265 e. The molecule has 2 aromatic heterocycles. The molecule has 0 unspecified atom stereocenters. The van der Waals surface area contributed by atoms with Crippen molar-refractivity contribution in [3.8, 4) is 0 Å². The molecule has 8 heteroatoms. The molecule has 1 N–H and O–H groups in total. The summed E-state index contributed by atoms with van der Waals surface area (Å²) < 4.78 is 1.66. The highest BCUT2D eigenvalue weighted by Gasteiger charge is 2.31. The SMILES string of the molecule is O=C(Nc1cncc2c1C(=O)N(Cc1cccc(I)c1)C2)c1ccc(Cl)s1. The molecule has 1 aliphatic rings. The first-order chi connectivity index (χ1) is 13.0. The molecular weight excluding hydrogens is 497 g/mol. The van der Waals surface area contributed by atoms with E-state index in [9.17, 15) is 9.59 Å². The van der Waals surface area contributed by atoms with Crippen molar-refractivity contribution < 1.29 is 9.59 Å². The van der Waals surface area contributed by atoms with Gasteiger partial charge < -0.3 is 10.2 Å². The van der Waals surface area contributed by atoms with Gasteiger partial charge in [0, 0.05) is 28.4 Å². The van der Waals surface area contributed by atoms with Crippen LogP contribution < -0.4 is 5.32 Å². The van der Waals surface area contributed by atoms with E-state index < -0.39 is 0 Å². The van der Waals surface area contributed by atoms with E-state index in [2.05, 4.69) is 39.0 Å². The third kappa shape index (κ3) is 3.85. The lowest BCUT2D eigenvalue weighted by Crippen LogP contribution is -2.24. The molecule has 2 amide bonds. The molecule has 0 aliphatic carbocycles. The van der Waals surface area contributed by atoms with Gasteiger partial charge in [-0.1, -0.05) is 23.7 Å². The second-order valence-corrected chi connectivity index (χ2v) is 9.03. The van der Waals surface area contributed by atoms with Crippen LogP contribution >= 0.6 is 45.5 Å². The lowest BCUT2D eigenvalue weighted by atomic mass is 10.1. The molecule has 27 heavy (non-hydrogen) atoms. The molecule has 0 bridgehead atoms. The Labute approximate surface area is 178 Å². The lowest BCUT2D eigenvalue weighted by molar-refractivity contribution is 0.0767. The highest BCUT2D eigenvalue weighted by Crippen LogP contribution is 2.30. The first-order valence-electron chi connectivity index (χ1n) is 8.08. The number of fused-ring (bicyclic) bond motifs is 1. The van der Waals surface area contributed by atoms with Crippen LogP contribution in [0.3, 0.4) is 0 Å². The summed E-state index contributed by atoms with van der Waals surface area (Å²) in [4.78, 5) is 31.8. The minimum Gasteiger partial charge on any atom is -0.330 e. The molecule has 1 aliphatic heterocycles. The Morgan fingerprint density at radius 2 is 2.15 bits per heavy atom. The minimum atomic E-state index is -0.300. The number of rotatable bonds is 4. The van der Waals surface area contributed by atoms with Gasteiger partial charge in [0.2, 0.25) is 0 Å². The number of halogens is 2. The molecule has 0 atom stereocenters. The summed E-state index contributed by atoms with van der Waals surface area (Å²) >= 11 is 9.34. The monoisotopic (exact) mass is 509 g/mol. The van der Waals surface area contributed by atoms with Gasteiger partial charge in [-0.25, -0.2) is 0 Å². The van der Waals surface area contributed by atoms with Crippen LogP contribution in [0.2, 0.25) is 4.34 Å². The maximum atomic E-state index is 13.0. The highest BCUT2D eigenvalue weighted by molar-refractivity contribution is 14.1. The van der Waals surface area contributed by atoms with E-state index in [1.54, 1.807) is 23.2 Å². The van der Waals surface area contributed by atoms with Crippen molar-refractivity contribution in [1.82, 2.24) is 9.88 Å². The van der Waals surface area contributed by atoms with Crippen molar-refractivity contribution in [2.75, 3.05) is 5.32 Å². The van der Waals surface area contributed by atoms with Crippen molar-refractivity contribution in [2.45, 2.75) is 13.1 Å². The predicted octanol–water partition coefficient (Wildman–Crippen LogP) is 4.81. The second-order valence-electron chi connectivity index (χ2n) is 6.07. The number of aromatic nitrogens is 1. The molecular formula is C19H13ClIN3O2S. The number of amides is 2. The summed E-state index contributed by atoms with van der Waals surface area (Å²) in [6, 6.07) is 11.4. The highest BCUT2D eigenvalue weighted by atomic mass is 127. The third-order valence-electron chi connectivity index (χ3n) is 4.19. The fourth-order valence-electron chi connectivity index (χ4n) is 3.01. The standard InChI is InChI=1S/C19H13ClIN3O2S/c20-16-5-4-15(27-16)18(25)23-14-8-22-7-12-10-24(19(26)17(12)14)9-11-2-1-3-13(21)6-11/h1-8H,9-10H2,(H,23,25). The predicted molar refractivity (Wildman–Crippen MR) is 114 cm³/mol. The molecule has 3 heterocycles. The first kappa shape index (κ1) is 18.4. The van der Waals surface area contributed by atoms with E-state index in [1.807, 2.05) is 18.2 Å². The maximum absolute atomic E-state index is 13.0. The average Bonchev–Trinajstić information content (AvgIpc) is 3.20. The molecule has 4 rings (SSSR count). The van der Waals surface area contributed by atoms with E-state index in [4.69, 9.17) is 11.6 Å². The topological polar surface area (TPSA) is 62.3 Å². The fraction of sp³-hybridized carbons (Fsp3) is 0.105. The number of hydrogen-bond donors (Lipinski definition) is 1. The zero-order valence-electron chi connectivity index (χ0n) is 13.9. The summed E-state index contributed by atoms with van der Waals surface area (Å²) in [6.07, 6.45) is 3.19. The fourth-order valence-corrected chi connectivity index (χ4v) is 4.56. The number of carbonyl (C=O) groups is 2. The number of benzene rings is 1. The number of nitrogens with zero attached hydrogens (tertiary/aromatic N) is 2. The zero-order valence-corrected chi connectivity index (χ0v) is 17.6. The third-order valence-corrected chi connectivity index (χ3v) is 6.10. The average molecular weight is 510 g/mol. The number of hydrogen-bond acceptors (Lipinski definition) is 4. The molecule has 0 fully saturated rings. The zero-order chi connectivity index (χ0) is 19.0. The van der Waals surface area contributed by atoms with Crippen LogP contribution in [-0.2, 0) is 13.1 Å². The van der Waals surface area contributed by atoms with Gasteiger partial charge in [0.25, 0.3) is 11.8 Å². The Balaban J connectivity index is 1.57. The van der Waals surface area contributed by atoms with E-state index in [0.717, 1.165) is 14.7 Å². The Morgan fingerprint density at radius 1 is 1.30 bits per heavy atom. The minimum absolute atomic E-state index is 0.106. The van der Waals surface area contributed by atoms with Crippen LogP contribution in [0.1, 0.15) is 31.2 Å². The number of anilines is 1. The number of pyridine rings is 1. The van der Waals surface area contributed by atoms with Gasteiger partial charge in [0.05, 0.1) is 26.7 Å². The van der Waals surface area contributed by atoms with E-state index in [0.29, 0.717) is 33.6 Å². The summed E-state index contributed by atoms with van der Waals surface area (Å²) in [5, 5.41) is 2.80. The van der Waals surface area contributed by atoms with Gasteiger partial charge in [0.15, 0.2) is 0 Å². The summed E-state index contributed by atoms with van der Waals surface area (Å²) in [7, 11) is 0. The molecule has 1 aromatic carbocycles. The van der Waals surface area contributed by atoms with Crippen LogP contribution in [0.4, 0.5) is 5.69 Å². The van der Waals surface area contributed by atoms with Gasteiger partial charge in [-0.15, -0.1) is 11.3 Å². The quantitative estimate of drug-likeness (QED) is 0.514. The van der Waals surface area contributed by atoms with E-state index >= 15 is 0 Å². The molecule has 0 radical (unpaired) electrons. The van der Waals surface area contributed by atoms with Crippen LogP contribution in [0.5, 0.6) is 0 Å². The molecule has 3 aromatic rings. The normalized spacial score (nSPS) is 13.0. The summed E-state index contributed by atoms with van der Waals surface area (Å²) in [5.41, 5.74) is 2.81. The van der Waals surface area contributed by atoms with Gasteiger partial charge in [-0.2, -0.15) is 0 Å². The van der Waals surface area contributed by atoms with E-state index in [1.165, 1.54) is 17.5 Å². The van der Waals surface area contributed by atoms with Crippen molar-refractivity contribution >= 4 is 63.0 Å². The van der Waals surface area contributed by atoms with Gasteiger partial charge in [-0.05, 0) is 52.4 Å². The molecule has 5 nitrogen and oxygen atoms in total. The Kier molecular flexibility index (Phi) is 5.16. The summed E-state index contributed by atoms with van der Waals surface area (Å²) in [5.74, 6) is -0.406.